The van der Waals surface area contributed by atoms with E-state index in [1.54, 1.807) is 24.3 Å². The normalized spacial score (nSPS) is 10.6. The van der Waals surface area contributed by atoms with Crippen molar-refractivity contribution in [2.24, 2.45) is 0 Å². The Morgan fingerprint density at radius 3 is 2.62 bits per heavy atom. The molecule has 0 aliphatic carbocycles. The minimum absolute atomic E-state index is 0.186. The maximum atomic E-state index is 12.3. The first-order chi connectivity index (χ1) is 14.1. The quantitative estimate of drug-likeness (QED) is 0.452. The lowest BCUT2D eigenvalue weighted by molar-refractivity contribution is -0.113. The molecule has 0 atom stereocenters. The number of ether oxygens (including phenoxy) is 1. The summed E-state index contributed by atoms with van der Waals surface area (Å²) < 4.78 is 6.71. The Morgan fingerprint density at radius 2 is 1.90 bits per heavy atom. The number of esters is 1. The zero-order valence-electron chi connectivity index (χ0n) is 16.3. The van der Waals surface area contributed by atoms with Crippen LogP contribution in [0.5, 0.6) is 0 Å². The molecule has 0 saturated carbocycles. The number of thioether (sulfide) groups is 1. The van der Waals surface area contributed by atoms with Crippen LogP contribution >= 0.6 is 11.8 Å². The molecule has 0 bridgehead atoms. The highest BCUT2D eigenvalue weighted by molar-refractivity contribution is 7.99. The van der Waals surface area contributed by atoms with Gasteiger partial charge in [-0.3, -0.25) is 4.79 Å². The zero-order chi connectivity index (χ0) is 20.6. The molecule has 0 aliphatic heterocycles. The lowest BCUT2D eigenvalue weighted by atomic mass is 10.1. The summed E-state index contributed by atoms with van der Waals surface area (Å²) in [5.74, 6) is 0.420. The molecule has 0 radical (unpaired) electrons. The number of anilines is 1. The third-order valence-electron chi connectivity index (χ3n) is 4.21. The maximum Gasteiger partial charge on any atom is 0.337 e. The number of hydrogen-bond acceptors (Lipinski definition) is 6. The number of amides is 1. The Balaban J connectivity index is 1.61. The van der Waals surface area contributed by atoms with Crippen LogP contribution in [-0.4, -0.2) is 39.5 Å². The molecule has 3 aromatic rings. The first-order valence-corrected chi connectivity index (χ1v) is 10.2. The maximum absolute atomic E-state index is 12.3. The fraction of sp³-hybridized carbons (Fsp3) is 0.238. The van der Waals surface area contributed by atoms with Crippen molar-refractivity contribution in [1.29, 1.82) is 0 Å². The molecule has 1 amide bonds. The number of carbonyl (C=O) groups is 2. The van der Waals surface area contributed by atoms with Gasteiger partial charge in [0.25, 0.3) is 0 Å². The van der Waals surface area contributed by atoms with E-state index in [9.17, 15) is 9.59 Å². The Hall–Kier alpha value is -3.13. The number of nitrogens with one attached hydrogen (secondary N) is 1. The molecular formula is C21H22N4O3S. The summed E-state index contributed by atoms with van der Waals surface area (Å²) in [5.41, 5.74) is 2.09. The van der Waals surface area contributed by atoms with E-state index in [4.69, 9.17) is 4.74 Å². The number of rotatable bonds is 8. The monoisotopic (exact) mass is 410 g/mol. The number of benzene rings is 2. The van der Waals surface area contributed by atoms with Crippen LogP contribution in [0.15, 0.2) is 59.8 Å². The smallest absolute Gasteiger partial charge is 0.337 e. The highest BCUT2D eigenvalue weighted by atomic mass is 32.2. The number of hydrogen-bond donors (Lipinski definition) is 1. The Morgan fingerprint density at radius 1 is 1.10 bits per heavy atom. The molecule has 0 aliphatic rings. The average Bonchev–Trinajstić information content (AvgIpc) is 3.14. The van der Waals surface area contributed by atoms with Gasteiger partial charge in [-0.1, -0.05) is 48.2 Å². The fourth-order valence-corrected chi connectivity index (χ4v) is 3.64. The molecule has 150 valence electrons. The Kier molecular flexibility index (Phi) is 7.02. The first kappa shape index (κ1) is 20.6. The zero-order valence-corrected chi connectivity index (χ0v) is 17.1. The van der Waals surface area contributed by atoms with Crippen molar-refractivity contribution in [1.82, 2.24) is 14.8 Å². The summed E-state index contributed by atoms with van der Waals surface area (Å²) in [5, 5.41) is 12.0. The fourth-order valence-electron chi connectivity index (χ4n) is 2.82. The van der Waals surface area contributed by atoms with E-state index in [0.29, 0.717) is 22.8 Å². The molecule has 29 heavy (non-hydrogen) atoms. The van der Waals surface area contributed by atoms with Crippen LogP contribution in [-0.2, 0) is 22.5 Å². The van der Waals surface area contributed by atoms with E-state index in [0.717, 1.165) is 17.9 Å². The summed E-state index contributed by atoms with van der Waals surface area (Å²) in [4.78, 5) is 23.9. The third-order valence-corrected chi connectivity index (χ3v) is 5.18. The second-order valence-corrected chi connectivity index (χ2v) is 7.16. The van der Waals surface area contributed by atoms with Crippen LogP contribution in [0.3, 0.4) is 0 Å². The summed E-state index contributed by atoms with van der Waals surface area (Å²) >= 11 is 1.33. The molecule has 2 aromatic carbocycles. The first-order valence-electron chi connectivity index (χ1n) is 9.17. The summed E-state index contributed by atoms with van der Waals surface area (Å²) in [7, 11) is 1.32. The average molecular weight is 410 g/mol. The van der Waals surface area contributed by atoms with Gasteiger partial charge in [0, 0.05) is 18.7 Å². The van der Waals surface area contributed by atoms with Crippen LogP contribution in [0, 0.1) is 0 Å². The predicted octanol–water partition coefficient (Wildman–Crippen LogP) is 3.41. The van der Waals surface area contributed by atoms with E-state index in [1.165, 1.54) is 18.9 Å². The van der Waals surface area contributed by atoms with Crippen LogP contribution in [0.25, 0.3) is 0 Å². The van der Waals surface area contributed by atoms with Crippen LogP contribution in [0.1, 0.15) is 28.7 Å². The lowest BCUT2D eigenvalue weighted by Gasteiger charge is -2.08. The molecule has 7 nitrogen and oxygen atoms in total. The van der Waals surface area contributed by atoms with Gasteiger partial charge < -0.3 is 14.6 Å². The molecule has 0 fully saturated rings. The Labute approximate surface area is 173 Å². The van der Waals surface area contributed by atoms with Crippen LogP contribution < -0.4 is 5.32 Å². The molecular weight excluding hydrogens is 388 g/mol. The van der Waals surface area contributed by atoms with Crippen molar-refractivity contribution < 1.29 is 14.3 Å². The summed E-state index contributed by atoms with van der Waals surface area (Å²) in [6.07, 6.45) is 0.689. The number of nitrogens with zero attached hydrogens (tertiary/aromatic N) is 3. The molecule has 8 heteroatoms. The van der Waals surface area contributed by atoms with Gasteiger partial charge in [0.15, 0.2) is 5.16 Å². The summed E-state index contributed by atoms with van der Waals surface area (Å²) in [6, 6.07) is 16.7. The van der Waals surface area contributed by atoms with Crippen LogP contribution in [0.2, 0.25) is 0 Å². The minimum atomic E-state index is -0.447. The van der Waals surface area contributed by atoms with Gasteiger partial charge >= 0.3 is 5.97 Å². The second kappa shape index (κ2) is 9.88. The van der Waals surface area contributed by atoms with Gasteiger partial charge in [0.2, 0.25) is 5.91 Å². The number of aromatic nitrogens is 3. The van der Waals surface area contributed by atoms with Gasteiger partial charge in [0.05, 0.1) is 18.4 Å². The third kappa shape index (κ3) is 5.45. The molecule has 1 N–H and O–H groups in total. The van der Waals surface area contributed by atoms with Gasteiger partial charge in [-0.25, -0.2) is 4.79 Å². The standard InChI is InChI=1S/C21H22N4O3S/c1-3-25-18(12-15-8-5-4-6-9-15)23-24-21(25)29-14-19(26)22-17-11-7-10-16(13-17)20(27)28-2/h4-11,13H,3,12,14H2,1-2H3,(H,22,26). The molecule has 0 spiro atoms. The second-order valence-electron chi connectivity index (χ2n) is 6.21. The van der Waals surface area contributed by atoms with Gasteiger partial charge in [-0.15, -0.1) is 10.2 Å². The van der Waals surface area contributed by atoms with Crippen molar-refractivity contribution in [2.75, 3.05) is 18.2 Å². The molecule has 0 unspecified atom stereocenters. The molecule has 1 aromatic heterocycles. The lowest BCUT2D eigenvalue weighted by Crippen LogP contribution is -2.15. The van der Waals surface area contributed by atoms with E-state index in [2.05, 4.69) is 27.6 Å². The highest BCUT2D eigenvalue weighted by Gasteiger charge is 2.14. The van der Waals surface area contributed by atoms with E-state index in [1.807, 2.05) is 29.7 Å². The van der Waals surface area contributed by atoms with Crippen LogP contribution in [0.4, 0.5) is 5.69 Å². The molecule has 0 saturated heterocycles. The molecule has 1 heterocycles. The number of carbonyl (C=O) groups excluding carboxylic acids is 2. The van der Waals surface area contributed by atoms with E-state index >= 15 is 0 Å². The van der Waals surface area contributed by atoms with Gasteiger partial charge in [-0.2, -0.15) is 0 Å². The Bertz CT molecular complexity index is 989. The van der Waals surface area contributed by atoms with Crippen molar-refractivity contribution >= 4 is 29.3 Å². The van der Waals surface area contributed by atoms with E-state index in [-0.39, 0.29) is 11.7 Å². The van der Waals surface area contributed by atoms with Gasteiger partial charge in [0.1, 0.15) is 5.82 Å². The highest BCUT2D eigenvalue weighted by Crippen LogP contribution is 2.19. The predicted molar refractivity (Wildman–Crippen MR) is 112 cm³/mol. The number of methoxy groups -OCH3 is 1. The van der Waals surface area contributed by atoms with Crippen molar-refractivity contribution in [2.45, 2.75) is 25.0 Å². The molecule has 3 rings (SSSR count). The topological polar surface area (TPSA) is 86.1 Å². The largest absolute Gasteiger partial charge is 0.465 e. The van der Waals surface area contributed by atoms with Gasteiger partial charge in [-0.05, 0) is 30.7 Å². The van der Waals surface area contributed by atoms with Crippen molar-refractivity contribution in [3.63, 3.8) is 0 Å². The summed E-state index contributed by atoms with van der Waals surface area (Å²) in [6.45, 7) is 2.75. The van der Waals surface area contributed by atoms with Crippen molar-refractivity contribution in [3.05, 3.63) is 71.5 Å². The van der Waals surface area contributed by atoms with E-state index < -0.39 is 5.97 Å². The minimum Gasteiger partial charge on any atom is -0.465 e. The van der Waals surface area contributed by atoms with Crippen molar-refractivity contribution in [3.8, 4) is 0 Å². The SMILES string of the molecule is CCn1c(Cc2ccccc2)nnc1SCC(=O)Nc1cccc(C(=O)OC)c1.